The van der Waals surface area contributed by atoms with Gasteiger partial charge in [0.1, 0.15) is 0 Å². The van der Waals surface area contributed by atoms with E-state index >= 15 is 0 Å². The molecule has 0 N–H and O–H groups in total. The van der Waals surface area contributed by atoms with Crippen molar-refractivity contribution in [3.05, 3.63) is 76.7 Å². The Labute approximate surface area is 109 Å². The molecule has 2 rings (SSSR count). The van der Waals surface area contributed by atoms with Crippen LogP contribution in [0.3, 0.4) is 0 Å². The Morgan fingerprint density at radius 1 is 0.889 bits per heavy atom. The van der Waals surface area contributed by atoms with Crippen molar-refractivity contribution in [2.24, 2.45) is 0 Å². The van der Waals surface area contributed by atoms with Crippen molar-refractivity contribution in [3.8, 4) is 0 Å². The molecule has 0 spiro atoms. The van der Waals surface area contributed by atoms with Gasteiger partial charge in [-0.1, -0.05) is 60.7 Å². The van der Waals surface area contributed by atoms with Crippen molar-refractivity contribution in [1.82, 2.24) is 0 Å². The molecule has 3 heteroatoms. The molecule has 0 amide bonds. The first-order valence-corrected chi connectivity index (χ1v) is 6.68. The van der Waals surface area contributed by atoms with E-state index in [1.165, 1.54) is 0 Å². The third-order valence-electron chi connectivity index (χ3n) is 2.73. The van der Waals surface area contributed by atoms with Crippen molar-refractivity contribution in [1.29, 1.82) is 0 Å². The quantitative estimate of drug-likeness (QED) is 0.791. The van der Waals surface area contributed by atoms with Gasteiger partial charge in [-0.05, 0) is 34.7 Å². The molecule has 92 valence electrons. The molecule has 1 unspecified atom stereocenters. The molecule has 0 aliphatic rings. The maximum Gasteiger partial charge on any atom is 0.00773 e. The van der Waals surface area contributed by atoms with Gasteiger partial charge in [0.05, 0.1) is 0 Å². The summed E-state index contributed by atoms with van der Waals surface area (Å²) in [6.45, 7) is 1.62. The smallest absolute Gasteiger partial charge is 0.00773 e. The topological polar surface area (TPSA) is 40.1 Å². The van der Waals surface area contributed by atoms with Crippen LogP contribution in [-0.2, 0) is 11.1 Å². The Balaban J connectivity index is 2.64. The summed E-state index contributed by atoms with van der Waals surface area (Å²) in [5.41, 5.74) is 2.57. The average Bonchev–Trinajstić information content (AvgIpc) is 2.41. The Kier molecular flexibility index (Phi) is 4.07. The first-order chi connectivity index (χ1) is 8.70. The lowest BCUT2D eigenvalue weighted by Crippen LogP contribution is -1.97. The van der Waals surface area contributed by atoms with E-state index in [1.54, 1.807) is 6.92 Å². The van der Waals surface area contributed by atoms with Gasteiger partial charge < -0.3 is 4.55 Å². The summed E-state index contributed by atoms with van der Waals surface area (Å²) >= 11 is -2.21. The van der Waals surface area contributed by atoms with Crippen LogP contribution in [0, 0.1) is 0 Å². The second-order valence-corrected chi connectivity index (χ2v) is 4.98. The molecule has 1 atom stereocenters. The molecule has 0 aliphatic carbocycles. The molecule has 0 aliphatic heterocycles. The Morgan fingerprint density at radius 3 is 1.61 bits per heavy atom. The summed E-state index contributed by atoms with van der Waals surface area (Å²) < 4.78 is 22.5. The van der Waals surface area contributed by atoms with Crippen molar-refractivity contribution < 1.29 is 8.76 Å². The normalized spacial score (nSPS) is 11.9. The Morgan fingerprint density at radius 2 is 1.28 bits per heavy atom. The minimum absolute atomic E-state index is 0.354. The van der Waals surface area contributed by atoms with Crippen molar-refractivity contribution in [2.45, 2.75) is 6.92 Å². The minimum atomic E-state index is -2.21. The lowest BCUT2D eigenvalue weighted by molar-refractivity contribution is 0.544. The highest BCUT2D eigenvalue weighted by Crippen LogP contribution is 2.27. The molecule has 0 fully saturated rings. The number of hydrogen-bond donors (Lipinski definition) is 0. The minimum Gasteiger partial charge on any atom is -0.769 e. The highest BCUT2D eigenvalue weighted by Gasteiger charge is 2.08. The number of rotatable bonds is 3. The molecular weight excluding hydrogens is 244 g/mol. The monoisotopic (exact) mass is 257 g/mol. The van der Waals surface area contributed by atoms with Crippen LogP contribution in [0.5, 0.6) is 0 Å². The lowest BCUT2D eigenvalue weighted by atomic mass is 9.98. The van der Waals surface area contributed by atoms with E-state index in [2.05, 4.69) is 0 Å². The van der Waals surface area contributed by atoms with Gasteiger partial charge in [-0.3, -0.25) is 4.21 Å². The van der Waals surface area contributed by atoms with Gasteiger partial charge in [-0.25, -0.2) is 0 Å². The molecule has 2 aromatic rings. The van der Waals surface area contributed by atoms with Gasteiger partial charge >= 0.3 is 0 Å². The standard InChI is InChI=1S/C15H14O2S/c1-12(18(16)17)15(13-8-4-2-5-9-13)14-10-6-3-7-11-14/h2-11H,1H3,(H,16,17)/p-1. The van der Waals surface area contributed by atoms with Crippen LogP contribution in [0.15, 0.2) is 65.6 Å². The SMILES string of the molecule is CC(=C(c1ccccc1)c1ccccc1)S(=O)[O-]. The van der Waals surface area contributed by atoms with E-state index < -0.39 is 11.1 Å². The third kappa shape index (κ3) is 2.75. The van der Waals surface area contributed by atoms with Crippen LogP contribution in [0.25, 0.3) is 5.57 Å². The molecule has 0 aromatic heterocycles. The van der Waals surface area contributed by atoms with Gasteiger partial charge in [-0.2, -0.15) is 0 Å². The van der Waals surface area contributed by atoms with E-state index in [-0.39, 0.29) is 0 Å². The number of allylic oxidation sites excluding steroid dienone is 1. The van der Waals surface area contributed by atoms with Gasteiger partial charge in [0.25, 0.3) is 0 Å². The molecule has 2 aromatic carbocycles. The van der Waals surface area contributed by atoms with Crippen LogP contribution in [0.4, 0.5) is 0 Å². The Hall–Kier alpha value is -1.71. The summed E-state index contributed by atoms with van der Waals surface area (Å²) in [6.07, 6.45) is 0. The third-order valence-corrected chi connectivity index (χ3v) is 3.43. The van der Waals surface area contributed by atoms with Crippen molar-refractivity contribution in [3.63, 3.8) is 0 Å². The fraction of sp³-hybridized carbons (Fsp3) is 0.0667. The van der Waals surface area contributed by atoms with Gasteiger partial charge in [0.2, 0.25) is 0 Å². The second kappa shape index (κ2) is 5.76. The van der Waals surface area contributed by atoms with Crippen molar-refractivity contribution >= 4 is 16.7 Å². The van der Waals surface area contributed by atoms with Crippen LogP contribution < -0.4 is 0 Å². The van der Waals surface area contributed by atoms with E-state index in [1.807, 2.05) is 60.7 Å². The molecule has 0 saturated carbocycles. The number of benzene rings is 2. The lowest BCUT2D eigenvalue weighted by Gasteiger charge is -2.15. The predicted molar refractivity (Wildman–Crippen MR) is 73.5 cm³/mol. The summed E-state index contributed by atoms with van der Waals surface area (Å²) in [7, 11) is 0. The summed E-state index contributed by atoms with van der Waals surface area (Å²) in [5, 5.41) is 0. The zero-order chi connectivity index (χ0) is 13.0. The van der Waals surface area contributed by atoms with Crippen LogP contribution in [0.2, 0.25) is 0 Å². The van der Waals surface area contributed by atoms with Crippen LogP contribution in [0.1, 0.15) is 18.1 Å². The van der Waals surface area contributed by atoms with Crippen molar-refractivity contribution in [2.75, 3.05) is 0 Å². The molecule has 0 heterocycles. The molecule has 0 radical (unpaired) electrons. The number of hydrogen-bond acceptors (Lipinski definition) is 2. The zero-order valence-electron chi connectivity index (χ0n) is 10.00. The molecular formula is C15H13O2S-. The molecule has 18 heavy (non-hydrogen) atoms. The summed E-state index contributed by atoms with van der Waals surface area (Å²) in [4.78, 5) is 0.354. The van der Waals surface area contributed by atoms with Crippen LogP contribution >= 0.6 is 0 Å². The predicted octanol–water partition coefficient (Wildman–Crippen LogP) is 3.35. The molecule has 0 bridgehead atoms. The van der Waals surface area contributed by atoms with Crippen LogP contribution in [-0.4, -0.2) is 8.76 Å². The largest absolute Gasteiger partial charge is 0.769 e. The Bertz CT molecular complexity index is 532. The zero-order valence-corrected chi connectivity index (χ0v) is 10.8. The summed E-state index contributed by atoms with van der Waals surface area (Å²) in [5.74, 6) is 0. The summed E-state index contributed by atoms with van der Waals surface area (Å²) in [6, 6.07) is 19.1. The van der Waals surface area contributed by atoms with E-state index in [9.17, 15) is 8.76 Å². The molecule has 2 nitrogen and oxygen atoms in total. The van der Waals surface area contributed by atoms with Gasteiger partial charge in [-0.15, -0.1) is 0 Å². The average molecular weight is 257 g/mol. The second-order valence-electron chi connectivity index (χ2n) is 3.90. The first-order valence-electron chi connectivity index (χ1n) is 5.61. The van der Waals surface area contributed by atoms with E-state index in [0.717, 1.165) is 16.7 Å². The fourth-order valence-electron chi connectivity index (χ4n) is 1.87. The molecule has 0 saturated heterocycles. The van der Waals surface area contributed by atoms with E-state index in [4.69, 9.17) is 0 Å². The fourth-order valence-corrected chi connectivity index (χ4v) is 2.27. The van der Waals surface area contributed by atoms with Gasteiger partial charge in [0.15, 0.2) is 0 Å². The van der Waals surface area contributed by atoms with E-state index in [0.29, 0.717) is 4.91 Å². The first kappa shape index (κ1) is 12.7. The maximum absolute atomic E-state index is 11.2. The highest BCUT2D eigenvalue weighted by atomic mass is 32.2. The maximum atomic E-state index is 11.2. The van der Waals surface area contributed by atoms with Gasteiger partial charge in [0, 0.05) is 4.91 Å². The highest BCUT2D eigenvalue weighted by molar-refractivity contribution is 7.83.